The zero-order valence-electron chi connectivity index (χ0n) is 13.0. The van der Waals surface area contributed by atoms with Crippen LogP contribution in [0.15, 0.2) is 42.6 Å². The fourth-order valence-electron chi connectivity index (χ4n) is 2.89. The minimum atomic E-state index is -0.404. The summed E-state index contributed by atoms with van der Waals surface area (Å²) < 4.78 is 0. The molecule has 1 aromatic heterocycles. The summed E-state index contributed by atoms with van der Waals surface area (Å²) in [5.41, 5.74) is 1.93. The molecule has 23 heavy (non-hydrogen) atoms. The number of benzene rings is 1. The summed E-state index contributed by atoms with van der Waals surface area (Å²) >= 11 is 0. The monoisotopic (exact) mass is 311 g/mol. The molecular formula is C18H21N3O2. The number of amides is 1. The molecule has 0 radical (unpaired) electrons. The first kappa shape index (κ1) is 15.5. The van der Waals surface area contributed by atoms with E-state index in [1.54, 1.807) is 6.07 Å². The van der Waals surface area contributed by atoms with Gasteiger partial charge in [0.05, 0.1) is 0 Å². The average Bonchev–Trinajstić information content (AvgIpc) is 2.56. The van der Waals surface area contributed by atoms with Gasteiger partial charge in [0.25, 0.3) is 5.91 Å². The average molecular weight is 311 g/mol. The Morgan fingerprint density at radius 2 is 2.00 bits per heavy atom. The number of carbonyl (C=O) groups excluding carboxylic acids is 1. The second kappa shape index (κ2) is 7.24. The first-order chi connectivity index (χ1) is 11.2. The number of carbonyl (C=O) groups is 1. The molecule has 2 aromatic rings. The predicted octanol–water partition coefficient (Wildman–Crippen LogP) is 3.03. The lowest BCUT2D eigenvalue weighted by molar-refractivity contribution is 0.101. The van der Waals surface area contributed by atoms with Crippen molar-refractivity contribution in [3.8, 4) is 5.75 Å². The number of piperidine rings is 1. The highest BCUT2D eigenvalue weighted by Crippen LogP contribution is 2.18. The van der Waals surface area contributed by atoms with Gasteiger partial charge in [0.15, 0.2) is 5.69 Å². The van der Waals surface area contributed by atoms with Crippen molar-refractivity contribution in [1.29, 1.82) is 0 Å². The number of aromatic hydroxyl groups is 1. The molecule has 1 fully saturated rings. The molecule has 120 valence electrons. The third-order valence-electron chi connectivity index (χ3n) is 4.04. The van der Waals surface area contributed by atoms with E-state index >= 15 is 0 Å². The van der Waals surface area contributed by atoms with Crippen molar-refractivity contribution in [2.24, 2.45) is 0 Å². The number of likely N-dealkylation sites (tertiary alicyclic amines) is 1. The van der Waals surface area contributed by atoms with Crippen molar-refractivity contribution in [3.05, 3.63) is 53.9 Å². The summed E-state index contributed by atoms with van der Waals surface area (Å²) in [5.74, 6) is -0.521. The van der Waals surface area contributed by atoms with Crippen LogP contribution in [0.4, 0.5) is 5.69 Å². The van der Waals surface area contributed by atoms with E-state index in [-0.39, 0.29) is 11.4 Å². The zero-order valence-corrected chi connectivity index (χ0v) is 13.0. The Kier molecular flexibility index (Phi) is 4.88. The topological polar surface area (TPSA) is 65.5 Å². The molecule has 2 heterocycles. The van der Waals surface area contributed by atoms with Gasteiger partial charge in [-0.05, 0) is 55.8 Å². The molecule has 3 rings (SSSR count). The lowest BCUT2D eigenvalue weighted by Gasteiger charge is -2.26. The van der Waals surface area contributed by atoms with Gasteiger partial charge in [-0.3, -0.25) is 9.69 Å². The predicted molar refractivity (Wildman–Crippen MR) is 89.4 cm³/mol. The first-order valence-corrected chi connectivity index (χ1v) is 7.99. The smallest absolute Gasteiger partial charge is 0.278 e. The Morgan fingerprint density at radius 1 is 1.17 bits per heavy atom. The highest BCUT2D eigenvalue weighted by Gasteiger charge is 2.13. The van der Waals surface area contributed by atoms with Gasteiger partial charge in [-0.1, -0.05) is 18.6 Å². The lowest BCUT2D eigenvalue weighted by atomic mass is 10.1. The molecule has 2 N–H and O–H groups in total. The number of hydrogen-bond acceptors (Lipinski definition) is 4. The molecule has 5 nitrogen and oxygen atoms in total. The summed E-state index contributed by atoms with van der Waals surface area (Å²) in [7, 11) is 0. The molecular weight excluding hydrogens is 290 g/mol. The molecule has 1 aromatic carbocycles. The van der Waals surface area contributed by atoms with Crippen molar-refractivity contribution >= 4 is 11.6 Å². The fraction of sp³-hybridized carbons (Fsp3) is 0.333. The van der Waals surface area contributed by atoms with Crippen molar-refractivity contribution in [3.63, 3.8) is 0 Å². The molecule has 0 atom stereocenters. The van der Waals surface area contributed by atoms with Crippen LogP contribution in [0.2, 0.25) is 0 Å². The lowest BCUT2D eigenvalue weighted by Crippen LogP contribution is -2.29. The van der Waals surface area contributed by atoms with E-state index in [0.717, 1.165) is 25.3 Å². The van der Waals surface area contributed by atoms with Crippen LogP contribution in [0.25, 0.3) is 0 Å². The number of hydrogen-bond donors (Lipinski definition) is 2. The normalized spacial score (nSPS) is 15.3. The highest BCUT2D eigenvalue weighted by molar-refractivity contribution is 6.04. The molecule has 0 spiro atoms. The van der Waals surface area contributed by atoms with Crippen LogP contribution in [0.5, 0.6) is 5.75 Å². The minimum absolute atomic E-state index is 0.0360. The Bertz CT molecular complexity index is 681. The summed E-state index contributed by atoms with van der Waals surface area (Å²) in [4.78, 5) is 18.6. The van der Waals surface area contributed by atoms with Gasteiger partial charge >= 0.3 is 0 Å². The summed E-state index contributed by atoms with van der Waals surface area (Å²) in [6, 6.07) is 10.9. The number of pyridine rings is 1. The maximum absolute atomic E-state index is 12.2. The number of nitrogens with one attached hydrogen (secondary N) is 1. The molecule has 5 heteroatoms. The SMILES string of the molecule is O=C(Nc1cccc(CN2CCCCC2)c1)c1ncccc1O. The Morgan fingerprint density at radius 3 is 2.78 bits per heavy atom. The van der Waals surface area contributed by atoms with Crippen molar-refractivity contribution in [2.75, 3.05) is 18.4 Å². The Balaban J connectivity index is 1.67. The minimum Gasteiger partial charge on any atom is -0.505 e. The van der Waals surface area contributed by atoms with Crippen LogP contribution in [0.3, 0.4) is 0 Å². The molecule has 0 unspecified atom stereocenters. The van der Waals surface area contributed by atoms with Gasteiger partial charge in [-0.25, -0.2) is 4.98 Å². The third kappa shape index (κ3) is 4.07. The van der Waals surface area contributed by atoms with E-state index < -0.39 is 5.91 Å². The number of nitrogens with zero attached hydrogens (tertiary/aromatic N) is 2. The molecule has 0 aliphatic carbocycles. The first-order valence-electron chi connectivity index (χ1n) is 7.99. The van der Waals surface area contributed by atoms with E-state index in [9.17, 15) is 9.90 Å². The third-order valence-corrected chi connectivity index (χ3v) is 4.04. The van der Waals surface area contributed by atoms with Crippen molar-refractivity contribution in [2.45, 2.75) is 25.8 Å². The molecule has 1 saturated heterocycles. The van der Waals surface area contributed by atoms with Crippen LogP contribution in [-0.4, -0.2) is 34.0 Å². The van der Waals surface area contributed by atoms with Gasteiger partial charge in [-0.2, -0.15) is 0 Å². The fourth-order valence-corrected chi connectivity index (χ4v) is 2.89. The second-order valence-corrected chi connectivity index (χ2v) is 5.86. The quantitative estimate of drug-likeness (QED) is 0.911. The molecule has 1 aliphatic rings. The number of aromatic nitrogens is 1. The largest absolute Gasteiger partial charge is 0.505 e. The van der Waals surface area contributed by atoms with E-state index in [1.165, 1.54) is 37.1 Å². The van der Waals surface area contributed by atoms with Crippen molar-refractivity contribution < 1.29 is 9.90 Å². The summed E-state index contributed by atoms with van der Waals surface area (Å²) in [6.45, 7) is 3.18. The zero-order chi connectivity index (χ0) is 16.1. The molecule has 0 saturated carbocycles. The van der Waals surface area contributed by atoms with E-state index in [2.05, 4.69) is 21.3 Å². The molecule has 0 bridgehead atoms. The standard InChI is InChI=1S/C18H21N3O2/c22-16-8-5-9-19-17(16)18(23)20-15-7-4-6-14(12-15)13-21-10-2-1-3-11-21/h4-9,12,22H,1-3,10-11,13H2,(H,20,23). The van der Waals surface area contributed by atoms with Crippen LogP contribution >= 0.6 is 0 Å². The molecule has 1 amide bonds. The number of rotatable bonds is 4. The van der Waals surface area contributed by atoms with Gasteiger partial charge in [0, 0.05) is 18.4 Å². The second-order valence-electron chi connectivity index (χ2n) is 5.86. The van der Waals surface area contributed by atoms with Crippen LogP contribution in [-0.2, 0) is 6.54 Å². The van der Waals surface area contributed by atoms with E-state index in [4.69, 9.17) is 0 Å². The summed E-state index contributed by atoms with van der Waals surface area (Å²) in [5, 5.41) is 12.5. The van der Waals surface area contributed by atoms with Crippen LogP contribution in [0, 0.1) is 0 Å². The number of anilines is 1. The maximum Gasteiger partial charge on any atom is 0.278 e. The highest BCUT2D eigenvalue weighted by atomic mass is 16.3. The maximum atomic E-state index is 12.2. The van der Waals surface area contributed by atoms with E-state index in [1.807, 2.05) is 18.2 Å². The van der Waals surface area contributed by atoms with Crippen LogP contribution < -0.4 is 5.32 Å². The summed E-state index contributed by atoms with van der Waals surface area (Å²) in [6.07, 6.45) is 5.33. The Labute approximate surface area is 136 Å². The van der Waals surface area contributed by atoms with Gasteiger partial charge in [0.2, 0.25) is 0 Å². The van der Waals surface area contributed by atoms with E-state index in [0.29, 0.717) is 0 Å². The van der Waals surface area contributed by atoms with Crippen molar-refractivity contribution in [1.82, 2.24) is 9.88 Å². The van der Waals surface area contributed by atoms with Gasteiger partial charge in [0.1, 0.15) is 5.75 Å². The molecule has 1 aliphatic heterocycles. The Hall–Kier alpha value is -2.40. The van der Waals surface area contributed by atoms with Gasteiger partial charge < -0.3 is 10.4 Å². The van der Waals surface area contributed by atoms with Crippen LogP contribution in [0.1, 0.15) is 35.3 Å². The van der Waals surface area contributed by atoms with Gasteiger partial charge in [-0.15, -0.1) is 0 Å².